The van der Waals surface area contributed by atoms with E-state index in [1.165, 1.54) is 0 Å². The number of fused-ring (bicyclic) bond motifs is 1. The second-order valence-corrected chi connectivity index (χ2v) is 8.38. The molecule has 9 heteroatoms. The van der Waals surface area contributed by atoms with Crippen LogP contribution in [-0.4, -0.2) is 61.8 Å². The van der Waals surface area contributed by atoms with Gasteiger partial charge in [0.1, 0.15) is 0 Å². The molecule has 0 saturated carbocycles. The van der Waals surface area contributed by atoms with E-state index in [1.807, 2.05) is 42.6 Å². The van der Waals surface area contributed by atoms with Crippen molar-refractivity contribution in [2.24, 2.45) is 5.73 Å². The fourth-order valence-electron chi connectivity index (χ4n) is 4.69. The highest BCUT2D eigenvalue weighted by molar-refractivity contribution is 5.84. The molecule has 1 saturated heterocycles. The number of piperidine rings is 1. The molecule has 1 atom stereocenters. The van der Waals surface area contributed by atoms with Gasteiger partial charge in [-0.2, -0.15) is 0 Å². The van der Waals surface area contributed by atoms with E-state index in [0.29, 0.717) is 44.0 Å². The van der Waals surface area contributed by atoms with Crippen molar-refractivity contribution in [2.45, 2.75) is 24.8 Å². The lowest BCUT2D eigenvalue weighted by molar-refractivity contribution is 0.176. The monoisotopic (exact) mass is 465 g/mol. The highest BCUT2D eigenvalue weighted by atomic mass is 16.5. The van der Waals surface area contributed by atoms with E-state index in [-0.39, 0.29) is 18.0 Å². The number of hydrogen-bond acceptors (Lipinski definition) is 4. The molecule has 0 radical (unpaired) electrons. The number of nitrogens with two attached hydrogens (primary N) is 1. The Morgan fingerprint density at radius 2 is 1.85 bits per heavy atom. The smallest absolute Gasteiger partial charge is 0.317 e. The van der Waals surface area contributed by atoms with Crippen LogP contribution in [0.4, 0.5) is 9.59 Å². The molecule has 5 N–H and O–H groups in total. The lowest BCUT2D eigenvalue weighted by Crippen LogP contribution is -2.50. The SMILES string of the molecule is COc1cccc(C(CNC(=O)N2CCC(NC(N)=O)CC2)c2c[nH]c3ccccc23)c1OC. The van der Waals surface area contributed by atoms with Crippen LogP contribution in [0.5, 0.6) is 11.5 Å². The van der Waals surface area contributed by atoms with E-state index in [2.05, 4.69) is 21.7 Å². The molecule has 34 heavy (non-hydrogen) atoms. The number of primary amides is 1. The van der Waals surface area contributed by atoms with Crippen molar-refractivity contribution in [1.29, 1.82) is 0 Å². The summed E-state index contributed by atoms with van der Waals surface area (Å²) in [7, 11) is 3.23. The third-order valence-corrected chi connectivity index (χ3v) is 6.39. The standard InChI is InChI=1S/C25H31N5O4/c1-33-22-9-5-7-18(23(22)34-2)20(19-14-27-21-8-4-3-6-17(19)21)15-28-25(32)30-12-10-16(11-13-30)29-24(26)31/h3-9,14,16,20,27H,10-13,15H2,1-2H3,(H,28,32)(H3,26,29,31). The summed E-state index contributed by atoms with van der Waals surface area (Å²) >= 11 is 0. The zero-order chi connectivity index (χ0) is 24.1. The Bertz CT molecular complexity index is 1150. The van der Waals surface area contributed by atoms with Crippen molar-refractivity contribution in [3.8, 4) is 11.5 Å². The molecule has 4 amide bonds. The zero-order valence-corrected chi connectivity index (χ0v) is 19.5. The Hall–Kier alpha value is -3.88. The summed E-state index contributed by atoms with van der Waals surface area (Å²) < 4.78 is 11.2. The minimum absolute atomic E-state index is 0.00145. The third kappa shape index (κ3) is 4.88. The highest BCUT2D eigenvalue weighted by Gasteiger charge is 2.27. The second kappa shape index (κ2) is 10.4. The molecule has 0 bridgehead atoms. The first kappa shape index (κ1) is 23.3. The molecule has 9 nitrogen and oxygen atoms in total. The van der Waals surface area contributed by atoms with Crippen LogP contribution in [-0.2, 0) is 0 Å². The quantitative estimate of drug-likeness (QED) is 0.428. The number of H-pyrrole nitrogens is 1. The first-order chi connectivity index (χ1) is 16.5. The van der Waals surface area contributed by atoms with Crippen LogP contribution in [0.2, 0.25) is 0 Å². The fourth-order valence-corrected chi connectivity index (χ4v) is 4.69. The Balaban J connectivity index is 1.57. The summed E-state index contributed by atoms with van der Waals surface area (Å²) in [5.41, 5.74) is 8.24. The molecule has 1 fully saturated rings. The normalized spacial score (nSPS) is 15.1. The predicted molar refractivity (Wildman–Crippen MR) is 130 cm³/mol. The minimum Gasteiger partial charge on any atom is -0.493 e. The first-order valence-electron chi connectivity index (χ1n) is 11.4. The summed E-state index contributed by atoms with van der Waals surface area (Å²) in [6.07, 6.45) is 3.33. The van der Waals surface area contributed by atoms with E-state index >= 15 is 0 Å². The lowest BCUT2D eigenvalue weighted by atomic mass is 9.90. The van der Waals surface area contributed by atoms with Gasteiger partial charge in [-0.05, 0) is 30.5 Å². The van der Waals surface area contributed by atoms with Crippen molar-refractivity contribution in [1.82, 2.24) is 20.5 Å². The third-order valence-electron chi connectivity index (χ3n) is 6.39. The Kier molecular flexibility index (Phi) is 7.10. The van der Waals surface area contributed by atoms with Crippen LogP contribution in [0.1, 0.15) is 29.9 Å². The largest absolute Gasteiger partial charge is 0.493 e. The summed E-state index contributed by atoms with van der Waals surface area (Å²) in [6, 6.07) is 13.2. The molecule has 1 aliphatic rings. The molecule has 180 valence electrons. The minimum atomic E-state index is -0.531. The predicted octanol–water partition coefficient (Wildman–Crippen LogP) is 3.16. The number of para-hydroxylation sites is 2. The lowest BCUT2D eigenvalue weighted by Gasteiger charge is -2.32. The Morgan fingerprint density at radius 1 is 1.09 bits per heavy atom. The van der Waals surface area contributed by atoms with Gasteiger partial charge in [0.2, 0.25) is 0 Å². The van der Waals surface area contributed by atoms with Crippen LogP contribution in [0.15, 0.2) is 48.7 Å². The van der Waals surface area contributed by atoms with Gasteiger partial charge in [-0.15, -0.1) is 0 Å². The molecule has 1 aromatic heterocycles. The van der Waals surface area contributed by atoms with Gasteiger partial charge < -0.3 is 35.7 Å². The van der Waals surface area contributed by atoms with Gasteiger partial charge in [0.25, 0.3) is 0 Å². The van der Waals surface area contributed by atoms with E-state index in [4.69, 9.17) is 15.2 Å². The van der Waals surface area contributed by atoms with Crippen molar-refractivity contribution < 1.29 is 19.1 Å². The van der Waals surface area contributed by atoms with Gasteiger partial charge in [0, 0.05) is 54.3 Å². The Morgan fingerprint density at radius 3 is 2.56 bits per heavy atom. The molecule has 4 rings (SSSR count). The number of benzene rings is 2. The summed E-state index contributed by atoms with van der Waals surface area (Å²) in [5.74, 6) is 1.12. The number of amides is 4. The van der Waals surface area contributed by atoms with Crippen LogP contribution >= 0.6 is 0 Å². The number of ether oxygens (including phenoxy) is 2. The number of urea groups is 2. The fraction of sp³-hybridized carbons (Fsp3) is 0.360. The van der Waals surface area contributed by atoms with Crippen LogP contribution in [0, 0.1) is 0 Å². The summed E-state index contributed by atoms with van der Waals surface area (Å²) in [5, 5.41) is 6.92. The average Bonchev–Trinajstić information content (AvgIpc) is 3.28. The molecule has 1 unspecified atom stereocenters. The molecule has 3 aromatic rings. The number of nitrogens with one attached hydrogen (secondary N) is 3. The maximum atomic E-state index is 13.0. The van der Waals surface area contributed by atoms with Gasteiger partial charge in [0.15, 0.2) is 11.5 Å². The molecule has 2 aromatic carbocycles. The maximum Gasteiger partial charge on any atom is 0.317 e. The van der Waals surface area contributed by atoms with Crippen LogP contribution < -0.4 is 25.8 Å². The van der Waals surface area contributed by atoms with Crippen molar-refractivity contribution in [3.63, 3.8) is 0 Å². The second-order valence-electron chi connectivity index (χ2n) is 8.38. The van der Waals surface area contributed by atoms with Crippen molar-refractivity contribution in [2.75, 3.05) is 33.9 Å². The van der Waals surface area contributed by atoms with Gasteiger partial charge in [-0.3, -0.25) is 0 Å². The zero-order valence-electron chi connectivity index (χ0n) is 19.5. The van der Waals surface area contributed by atoms with Gasteiger partial charge in [-0.25, -0.2) is 9.59 Å². The number of rotatable bonds is 7. The van der Waals surface area contributed by atoms with E-state index in [9.17, 15) is 9.59 Å². The topological polar surface area (TPSA) is 122 Å². The maximum absolute atomic E-state index is 13.0. The molecule has 0 spiro atoms. The summed E-state index contributed by atoms with van der Waals surface area (Å²) in [6.45, 7) is 1.48. The number of likely N-dealkylation sites (tertiary alicyclic amines) is 1. The van der Waals surface area contributed by atoms with Crippen molar-refractivity contribution >= 4 is 23.0 Å². The molecule has 1 aliphatic heterocycles. The number of methoxy groups -OCH3 is 2. The molecular formula is C25H31N5O4. The Labute approximate surface area is 198 Å². The van der Waals surface area contributed by atoms with Crippen LogP contribution in [0.3, 0.4) is 0 Å². The number of carbonyl (C=O) groups is 2. The number of aromatic amines is 1. The number of hydrogen-bond donors (Lipinski definition) is 4. The average molecular weight is 466 g/mol. The molecular weight excluding hydrogens is 434 g/mol. The van der Waals surface area contributed by atoms with Gasteiger partial charge in [-0.1, -0.05) is 30.3 Å². The van der Waals surface area contributed by atoms with E-state index in [1.54, 1.807) is 19.1 Å². The number of aromatic nitrogens is 1. The van der Waals surface area contributed by atoms with Gasteiger partial charge in [0.05, 0.1) is 14.2 Å². The van der Waals surface area contributed by atoms with Crippen LogP contribution in [0.25, 0.3) is 10.9 Å². The van der Waals surface area contributed by atoms with E-state index in [0.717, 1.165) is 22.0 Å². The number of nitrogens with zero attached hydrogens (tertiary/aromatic N) is 1. The molecule has 2 heterocycles. The highest BCUT2D eigenvalue weighted by Crippen LogP contribution is 2.40. The molecule has 0 aliphatic carbocycles. The number of carbonyl (C=O) groups excluding carboxylic acids is 2. The summed E-state index contributed by atoms with van der Waals surface area (Å²) in [4.78, 5) is 29.2. The van der Waals surface area contributed by atoms with Gasteiger partial charge >= 0.3 is 12.1 Å². The van der Waals surface area contributed by atoms with E-state index < -0.39 is 6.03 Å². The van der Waals surface area contributed by atoms with Crippen molar-refractivity contribution in [3.05, 3.63) is 59.8 Å². The first-order valence-corrected chi connectivity index (χ1v) is 11.4.